The Morgan fingerprint density at radius 2 is 1.77 bits per heavy atom. The van der Waals surface area contributed by atoms with Crippen LogP contribution in [0.25, 0.3) is 0 Å². The van der Waals surface area contributed by atoms with Crippen LogP contribution in [-0.4, -0.2) is 27.3 Å². The lowest BCUT2D eigenvalue weighted by Gasteiger charge is -2.33. The summed E-state index contributed by atoms with van der Waals surface area (Å²) in [6.45, 7) is 0.426. The minimum atomic E-state index is -0.656. The van der Waals surface area contributed by atoms with Gasteiger partial charge in [0.05, 0.1) is 13.0 Å². The van der Waals surface area contributed by atoms with E-state index in [-0.39, 0.29) is 17.9 Å². The summed E-state index contributed by atoms with van der Waals surface area (Å²) in [5, 5.41) is 7.26. The van der Waals surface area contributed by atoms with Crippen molar-refractivity contribution in [3.05, 3.63) is 68.8 Å². The van der Waals surface area contributed by atoms with Crippen molar-refractivity contribution in [3.8, 4) is 0 Å². The van der Waals surface area contributed by atoms with E-state index in [2.05, 4.69) is 5.32 Å². The molecule has 0 radical (unpaired) electrons. The largest absolute Gasteiger partial charge is 0.352 e. The van der Waals surface area contributed by atoms with Gasteiger partial charge in [0.1, 0.15) is 0 Å². The van der Waals surface area contributed by atoms with Crippen molar-refractivity contribution in [1.29, 1.82) is 0 Å². The van der Waals surface area contributed by atoms with Crippen LogP contribution in [0.15, 0.2) is 53.4 Å². The van der Waals surface area contributed by atoms with Crippen LogP contribution in [0.2, 0.25) is 0 Å². The fourth-order valence-corrected chi connectivity index (χ4v) is 5.68. The van der Waals surface area contributed by atoms with Gasteiger partial charge in [-0.2, -0.15) is 0 Å². The standard InChI is InChI=1S/C24H29N3O2S2/c1-26-13-5-12-21(26)23(24(29)25-18-8-3-2-4-9-18)27(17-20-11-7-15-31-20)22(28)16-19-10-6-14-30-19/h5-7,10-15,18,23H,2-4,8-9,16-17H2,1H3,(H,25,29). The molecule has 164 valence electrons. The summed E-state index contributed by atoms with van der Waals surface area (Å²) >= 11 is 3.19. The molecule has 2 amide bonds. The van der Waals surface area contributed by atoms with Gasteiger partial charge < -0.3 is 14.8 Å². The molecule has 0 spiro atoms. The number of nitrogens with zero attached hydrogens (tertiary/aromatic N) is 2. The molecule has 1 atom stereocenters. The van der Waals surface area contributed by atoms with E-state index in [1.807, 2.05) is 65.0 Å². The Balaban J connectivity index is 1.65. The van der Waals surface area contributed by atoms with E-state index in [0.717, 1.165) is 41.1 Å². The molecule has 1 unspecified atom stereocenters. The first-order chi connectivity index (χ1) is 15.1. The zero-order valence-electron chi connectivity index (χ0n) is 17.8. The van der Waals surface area contributed by atoms with Crippen LogP contribution in [0.1, 0.15) is 53.6 Å². The molecule has 4 rings (SSSR count). The molecule has 0 saturated heterocycles. The molecular weight excluding hydrogens is 426 g/mol. The second-order valence-electron chi connectivity index (χ2n) is 8.15. The van der Waals surface area contributed by atoms with Crippen molar-refractivity contribution < 1.29 is 9.59 Å². The maximum Gasteiger partial charge on any atom is 0.249 e. The first-order valence-corrected chi connectivity index (χ1v) is 12.6. The fraction of sp³-hybridized carbons (Fsp3) is 0.417. The number of carbonyl (C=O) groups excluding carboxylic acids is 2. The Morgan fingerprint density at radius 1 is 1.06 bits per heavy atom. The van der Waals surface area contributed by atoms with Crippen LogP contribution in [0.5, 0.6) is 0 Å². The van der Waals surface area contributed by atoms with Crippen LogP contribution in [-0.2, 0) is 29.6 Å². The van der Waals surface area contributed by atoms with Gasteiger partial charge in [-0.1, -0.05) is 31.4 Å². The van der Waals surface area contributed by atoms with E-state index in [1.165, 1.54) is 6.42 Å². The third kappa shape index (κ3) is 5.46. The summed E-state index contributed by atoms with van der Waals surface area (Å²) in [6, 6.07) is 11.4. The quantitative estimate of drug-likeness (QED) is 0.525. The predicted octanol–water partition coefficient (Wildman–Crippen LogP) is 4.91. The monoisotopic (exact) mass is 455 g/mol. The van der Waals surface area contributed by atoms with E-state index in [9.17, 15) is 9.59 Å². The van der Waals surface area contributed by atoms with E-state index in [0.29, 0.717) is 13.0 Å². The minimum absolute atomic E-state index is 0.0270. The summed E-state index contributed by atoms with van der Waals surface area (Å²) in [7, 11) is 1.93. The normalized spacial score (nSPS) is 15.5. The fourth-order valence-electron chi connectivity index (χ4n) is 4.28. The molecular formula is C24H29N3O2S2. The number of aromatic nitrogens is 1. The highest BCUT2D eigenvalue weighted by Gasteiger charge is 2.34. The van der Waals surface area contributed by atoms with Crippen molar-refractivity contribution in [1.82, 2.24) is 14.8 Å². The molecule has 5 nitrogen and oxygen atoms in total. The molecule has 0 aromatic carbocycles. The topological polar surface area (TPSA) is 54.3 Å². The summed E-state index contributed by atoms with van der Waals surface area (Å²) in [6.07, 6.45) is 7.80. The number of rotatable bonds is 8. The van der Waals surface area contributed by atoms with Crippen LogP contribution in [0.4, 0.5) is 0 Å². The van der Waals surface area contributed by atoms with E-state index in [1.54, 1.807) is 27.6 Å². The third-order valence-electron chi connectivity index (χ3n) is 5.91. The van der Waals surface area contributed by atoms with Gasteiger partial charge in [0, 0.05) is 34.7 Å². The van der Waals surface area contributed by atoms with Gasteiger partial charge in [0.15, 0.2) is 6.04 Å². The van der Waals surface area contributed by atoms with E-state index in [4.69, 9.17) is 0 Å². The molecule has 1 N–H and O–H groups in total. The number of aryl methyl sites for hydroxylation is 1. The van der Waals surface area contributed by atoms with Crippen LogP contribution < -0.4 is 5.32 Å². The molecule has 3 aromatic rings. The summed E-state index contributed by atoms with van der Waals surface area (Å²) in [4.78, 5) is 31.0. The van der Waals surface area contributed by atoms with Crippen LogP contribution in [0, 0.1) is 0 Å². The molecule has 1 aliphatic rings. The third-order valence-corrected chi connectivity index (χ3v) is 7.65. The zero-order valence-corrected chi connectivity index (χ0v) is 19.5. The molecule has 1 saturated carbocycles. The van der Waals surface area contributed by atoms with Crippen molar-refractivity contribution in [2.45, 2.75) is 57.2 Å². The molecule has 1 fully saturated rings. The Kier molecular flexibility index (Phi) is 7.25. The number of nitrogens with one attached hydrogen (secondary N) is 1. The highest BCUT2D eigenvalue weighted by molar-refractivity contribution is 7.10. The number of carbonyl (C=O) groups is 2. The maximum atomic E-state index is 13.6. The number of thiophene rings is 2. The van der Waals surface area contributed by atoms with Gasteiger partial charge in [0.25, 0.3) is 0 Å². The van der Waals surface area contributed by atoms with Gasteiger partial charge in [-0.25, -0.2) is 0 Å². The average molecular weight is 456 g/mol. The lowest BCUT2D eigenvalue weighted by molar-refractivity contribution is -0.141. The Bertz CT molecular complexity index is 973. The summed E-state index contributed by atoms with van der Waals surface area (Å²) in [5.41, 5.74) is 0.837. The van der Waals surface area contributed by atoms with E-state index < -0.39 is 6.04 Å². The lowest BCUT2D eigenvalue weighted by atomic mass is 9.95. The summed E-state index contributed by atoms with van der Waals surface area (Å²) < 4.78 is 1.95. The van der Waals surface area contributed by atoms with Crippen molar-refractivity contribution in [3.63, 3.8) is 0 Å². The first-order valence-electron chi connectivity index (χ1n) is 10.9. The molecule has 3 aromatic heterocycles. The van der Waals surface area contributed by atoms with Crippen molar-refractivity contribution in [2.24, 2.45) is 7.05 Å². The SMILES string of the molecule is Cn1cccc1C(C(=O)NC1CCCCC1)N(Cc1cccs1)C(=O)Cc1cccs1. The van der Waals surface area contributed by atoms with Crippen LogP contribution in [0.3, 0.4) is 0 Å². The number of hydrogen-bond donors (Lipinski definition) is 1. The Morgan fingerprint density at radius 3 is 2.39 bits per heavy atom. The van der Waals surface area contributed by atoms with E-state index >= 15 is 0 Å². The summed E-state index contributed by atoms with van der Waals surface area (Å²) in [5.74, 6) is -0.106. The Hall–Kier alpha value is -2.38. The highest BCUT2D eigenvalue weighted by Crippen LogP contribution is 2.28. The van der Waals surface area contributed by atoms with Gasteiger partial charge in [-0.05, 0) is 47.9 Å². The van der Waals surface area contributed by atoms with Crippen molar-refractivity contribution in [2.75, 3.05) is 0 Å². The second-order valence-corrected chi connectivity index (χ2v) is 10.2. The second kappa shape index (κ2) is 10.3. The number of hydrogen-bond acceptors (Lipinski definition) is 4. The van der Waals surface area contributed by atoms with Gasteiger partial charge in [0.2, 0.25) is 11.8 Å². The zero-order chi connectivity index (χ0) is 21.6. The van der Waals surface area contributed by atoms with Gasteiger partial charge >= 0.3 is 0 Å². The molecule has 0 bridgehead atoms. The lowest BCUT2D eigenvalue weighted by Crippen LogP contribution is -2.47. The van der Waals surface area contributed by atoms with Gasteiger partial charge in [-0.15, -0.1) is 22.7 Å². The minimum Gasteiger partial charge on any atom is -0.352 e. The van der Waals surface area contributed by atoms with Crippen molar-refractivity contribution >= 4 is 34.5 Å². The maximum absolute atomic E-state index is 13.6. The predicted molar refractivity (Wildman–Crippen MR) is 126 cm³/mol. The first kappa shape index (κ1) is 21.8. The Labute approximate surface area is 191 Å². The smallest absolute Gasteiger partial charge is 0.249 e. The highest BCUT2D eigenvalue weighted by atomic mass is 32.1. The number of amides is 2. The molecule has 3 heterocycles. The molecule has 0 aliphatic heterocycles. The molecule has 1 aliphatic carbocycles. The van der Waals surface area contributed by atoms with Crippen LogP contribution >= 0.6 is 22.7 Å². The molecule has 7 heteroatoms. The van der Waals surface area contributed by atoms with Gasteiger partial charge in [-0.3, -0.25) is 9.59 Å². The molecule has 31 heavy (non-hydrogen) atoms. The average Bonchev–Trinajstić information content (AvgIpc) is 3.53.